The average Bonchev–Trinajstić information content (AvgIpc) is 3.92. The van der Waals surface area contributed by atoms with Gasteiger partial charge in [0.25, 0.3) is 0 Å². The molecule has 3 heterocycles. The Morgan fingerprint density at radius 2 is 0.726 bits per heavy atom. The van der Waals surface area contributed by atoms with Crippen molar-refractivity contribution in [2.45, 2.75) is 0 Å². The first-order valence-electron chi connectivity index (χ1n) is 20.7. The molecule has 0 aliphatic rings. The molecule has 0 aliphatic heterocycles. The maximum atomic E-state index is 6.55. The molecule has 0 atom stereocenters. The Labute approximate surface area is 362 Å². The maximum absolute atomic E-state index is 6.55. The number of furan rings is 1. The smallest absolute Gasteiger partial charge is 0.164 e. The van der Waals surface area contributed by atoms with Crippen molar-refractivity contribution in [2.24, 2.45) is 0 Å². The normalized spacial score (nSPS) is 11.5. The van der Waals surface area contributed by atoms with Crippen LogP contribution in [0.3, 0.4) is 0 Å². The third-order valence-electron chi connectivity index (χ3n) is 11.8. The number of fused-ring (bicyclic) bond motifs is 6. The van der Waals surface area contributed by atoms with Crippen molar-refractivity contribution in [1.29, 1.82) is 0 Å². The Morgan fingerprint density at radius 3 is 1.39 bits per heavy atom. The summed E-state index contributed by atoms with van der Waals surface area (Å²) in [6.07, 6.45) is 0. The molecular formula is C57H35N3OS. The van der Waals surface area contributed by atoms with E-state index in [4.69, 9.17) is 19.4 Å². The number of hydrogen-bond donors (Lipinski definition) is 0. The summed E-state index contributed by atoms with van der Waals surface area (Å²) in [5, 5.41) is 4.48. The van der Waals surface area contributed by atoms with E-state index in [1.165, 1.54) is 37.0 Å². The highest BCUT2D eigenvalue weighted by molar-refractivity contribution is 7.25. The van der Waals surface area contributed by atoms with E-state index in [2.05, 4.69) is 206 Å². The Hall–Kier alpha value is -7.99. The van der Waals surface area contributed by atoms with Gasteiger partial charge in [0.15, 0.2) is 17.5 Å². The van der Waals surface area contributed by atoms with Gasteiger partial charge < -0.3 is 4.42 Å². The fourth-order valence-corrected chi connectivity index (χ4v) is 9.77. The SMILES string of the molecule is c1ccc(-c2cccc(-c3cccc(-c4ccc(-c5nc(-c6ccc7c(c6)oc6cc(-c8ccccc8)ccc67)nc(-c6cccc7sc8ccccc8c67)n5)cc4)c3)c2)cc1. The molecule has 3 aromatic heterocycles. The van der Waals surface area contributed by atoms with Crippen LogP contribution in [0.5, 0.6) is 0 Å². The molecule has 0 fully saturated rings. The first-order valence-corrected chi connectivity index (χ1v) is 21.6. The zero-order valence-corrected chi connectivity index (χ0v) is 34.2. The second-order valence-electron chi connectivity index (χ2n) is 15.6. The molecule has 4 nitrogen and oxygen atoms in total. The summed E-state index contributed by atoms with van der Waals surface area (Å²) in [5.74, 6) is 1.83. The summed E-state index contributed by atoms with van der Waals surface area (Å²) in [5.41, 5.74) is 13.7. The number of rotatable bonds is 7. The van der Waals surface area contributed by atoms with Gasteiger partial charge in [-0.1, -0.05) is 164 Å². The Kier molecular flexibility index (Phi) is 8.65. The first-order chi connectivity index (χ1) is 30.7. The van der Waals surface area contributed by atoms with Gasteiger partial charge in [-0.15, -0.1) is 11.3 Å². The highest BCUT2D eigenvalue weighted by Gasteiger charge is 2.18. The summed E-state index contributed by atoms with van der Waals surface area (Å²) >= 11 is 1.79. The van der Waals surface area contributed by atoms with Crippen molar-refractivity contribution in [1.82, 2.24) is 15.0 Å². The van der Waals surface area contributed by atoms with Crippen molar-refractivity contribution < 1.29 is 4.42 Å². The van der Waals surface area contributed by atoms with Crippen LogP contribution in [0.2, 0.25) is 0 Å². The fraction of sp³-hybridized carbons (Fsp3) is 0. The predicted octanol–water partition coefficient (Wildman–Crippen LogP) is 15.8. The van der Waals surface area contributed by atoms with E-state index < -0.39 is 0 Å². The molecule has 5 heteroatoms. The third kappa shape index (κ3) is 6.44. The van der Waals surface area contributed by atoms with E-state index in [1.807, 2.05) is 6.07 Å². The second-order valence-corrected chi connectivity index (χ2v) is 16.7. The van der Waals surface area contributed by atoms with Gasteiger partial charge in [-0.05, 0) is 93.0 Å². The minimum Gasteiger partial charge on any atom is -0.456 e. The van der Waals surface area contributed by atoms with Crippen LogP contribution in [0.25, 0.3) is 121 Å². The largest absolute Gasteiger partial charge is 0.456 e. The van der Waals surface area contributed by atoms with Crippen LogP contribution in [0.4, 0.5) is 0 Å². The van der Waals surface area contributed by atoms with Gasteiger partial charge in [0.2, 0.25) is 0 Å². The Morgan fingerprint density at radius 1 is 0.290 bits per heavy atom. The minimum atomic E-state index is 0.586. The standard InChI is InChI=1S/C57H35N3OS/c1-3-12-36(13-4-1)40-16-9-18-42(32-40)43-19-10-17-41(33-43)38-24-26-39(27-25-38)55-58-56(60-57(59-55)49-21-11-23-53-54(49)48-20-7-8-22-52(48)62-53)45-29-31-47-46-30-28-44(37-14-5-2-6-15-37)34-50(46)61-51(47)35-45/h1-35H. The number of thiophene rings is 1. The molecule has 62 heavy (non-hydrogen) atoms. The van der Waals surface area contributed by atoms with E-state index in [-0.39, 0.29) is 0 Å². The van der Waals surface area contributed by atoms with Gasteiger partial charge in [0, 0.05) is 47.6 Å². The van der Waals surface area contributed by atoms with Crippen LogP contribution < -0.4 is 0 Å². The lowest BCUT2D eigenvalue weighted by Crippen LogP contribution is -2.00. The van der Waals surface area contributed by atoms with E-state index >= 15 is 0 Å². The molecular weight excluding hydrogens is 775 g/mol. The van der Waals surface area contributed by atoms with Crippen LogP contribution >= 0.6 is 11.3 Å². The molecule has 0 radical (unpaired) electrons. The lowest BCUT2D eigenvalue weighted by atomic mass is 9.96. The number of benzene rings is 9. The van der Waals surface area contributed by atoms with Crippen LogP contribution in [0.15, 0.2) is 217 Å². The minimum absolute atomic E-state index is 0.586. The second kappa shape index (κ2) is 14.9. The van der Waals surface area contributed by atoms with Crippen LogP contribution in [-0.2, 0) is 0 Å². The number of nitrogens with zero attached hydrogens (tertiary/aromatic N) is 3. The quantitative estimate of drug-likeness (QED) is 0.161. The van der Waals surface area contributed by atoms with E-state index in [0.29, 0.717) is 17.5 Å². The molecule has 0 saturated carbocycles. The molecule has 0 amide bonds. The summed E-state index contributed by atoms with van der Waals surface area (Å²) in [6, 6.07) is 74.6. The highest BCUT2D eigenvalue weighted by Crippen LogP contribution is 2.41. The van der Waals surface area contributed by atoms with Gasteiger partial charge in [-0.3, -0.25) is 0 Å². The summed E-state index contributed by atoms with van der Waals surface area (Å²) in [4.78, 5) is 15.6. The Balaban J connectivity index is 0.952. The van der Waals surface area contributed by atoms with Gasteiger partial charge in [-0.2, -0.15) is 0 Å². The maximum Gasteiger partial charge on any atom is 0.164 e. The average molecular weight is 810 g/mol. The van der Waals surface area contributed by atoms with Crippen molar-refractivity contribution in [3.05, 3.63) is 212 Å². The molecule has 9 aromatic carbocycles. The third-order valence-corrected chi connectivity index (χ3v) is 12.9. The Bertz CT molecular complexity index is 3630. The van der Waals surface area contributed by atoms with E-state index in [9.17, 15) is 0 Å². The zero-order chi connectivity index (χ0) is 41.0. The van der Waals surface area contributed by atoms with E-state index in [1.54, 1.807) is 11.3 Å². The van der Waals surface area contributed by atoms with Crippen molar-refractivity contribution >= 4 is 53.4 Å². The lowest BCUT2D eigenvalue weighted by molar-refractivity contribution is 0.669. The highest BCUT2D eigenvalue weighted by atomic mass is 32.1. The molecule has 12 rings (SSSR count). The zero-order valence-electron chi connectivity index (χ0n) is 33.4. The van der Waals surface area contributed by atoms with Crippen molar-refractivity contribution in [3.8, 4) is 78.7 Å². The summed E-state index contributed by atoms with van der Waals surface area (Å²) in [7, 11) is 0. The monoisotopic (exact) mass is 809 g/mol. The van der Waals surface area contributed by atoms with Crippen LogP contribution in [0, 0.1) is 0 Å². The lowest BCUT2D eigenvalue weighted by Gasteiger charge is -2.11. The van der Waals surface area contributed by atoms with Crippen LogP contribution in [-0.4, -0.2) is 15.0 Å². The molecule has 290 valence electrons. The number of aromatic nitrogens is 3. The summed E-state index contributed by atoms with van der Waals surface area (Å²) < 4.78 is 8.98. The summed E-state index contributed by atoms with van der Waals surface area (Å²) in [6.45, 7) is 0. The number of hydrogen-bond acceptors (Lipinski definition) is 5. The molecule has 0 saturated heterocycles. The topological polar surface area (TPSA) is 51.8 Å². The molecule has 0 bridgehead atoms. The first kappa shape index (κ1) is 35.9. The molecule has 0 spiro atoms. The molecule has 0 unspecified atom stereocenters. The fourth-order valence-electron chi connectivity index (χ4n) is 8.64. The molecule has 0 aliphatic carbocycles. The van der Waals surface area contributed by atoms with Crippen LogP contribution in [0.1, 0.15) is 0 Å². The predicted molar refractivity (Wildman–Crippen MR) is 258 cm³/mol. The van der Waals surface area contributed by atoms with Gasteiger partial charge >= 0.3 is 0 Å². The van der Waals surface area contributed by atoms with E-state index in [0.717, 1.165) is 66.3 Å². The van der Waals surface area contributed by atoms with Crippen molar-refractivity contribution in [2.75, 3.05) is 0 Å². The van der Waals surface area contributed by atoms with Gasteiger partial charge in [-0.25, -0.2) is 15.0 Å². The van der Waals surface area contributed by atoms with Gasteiger partial charge in [0.1, 0.15) is 11.2 Å². The molecule has 0 N–H and O–H groups in total. The van der Waals surface area contributed by atoms with Gasteiger partial charge in [0.05, 0.1) is 0 Å². The molecule has 12 aromatic rings. The van der Waals surface area contributed by atoms with Crippen molar-refractivity contribution in [3.63, 3.8) is 0 Å².